The molecule has 27 heavy (non-hydrogen) atoms. The highest BCUT2D eigenvalue weighted by Gasteiger charge is 2.23. The normalized spacial score (nSPS) is 15.4. The SMILES string of the molecule is Cc1csc(SCC2CCN(C(=O)Cc3cccc4ccccc34)CC2)n1. The largest absolute Gasteiger partial charge is 0.342 e. The van der Waals surface area contributed by atoms with E-state index >= 15 is 0 Å². The Hall–Kier alpha value is -1.85. The van der Waals surface area contributed by atoms with Gasteiger partial charge in [0.05, 0.1) is 6.42 Å². The van der Waals surface area contributed by atoms with Gasteiger partial charge in [-0.05, 0) is 42.0 Å². The van der Waals surface area contributed by atoms with Crippen LogP contribution in [0.1, 0.15) is 24.1 Å². The molecule has 3 aromatic rings. The molecule has 2 aromatic carbocycles. The molecule has 4 rings (SSSR count). The van der Waals surface area contributed by atoms with Gasteiger partial charge in [0.15, 0.2) is 0 Å². The van der Waals surface area contributed by atoms with Crippen molar-refractivity contribution in [2.45, 2.75) is 30.5 Å². The van der Waals surface area contributed by atoms with Crippen LogP contribution in [0, 0.1) is 12.8 Å². The van der Waals surface area contributed by atoms with E-state index < -0.39 is 0 Å². The third-order valence-corrected chi connectivity index (χ3v) is 7.60. The second-order valence-electron chi connectivity index (χ2n) is 7.21. The zero-order chi connectivity index (χ0) is 18.6. The maximum absolute atomic E-state index is 12.8. The molecular formula is C22H24N2OS2. The number of carbonyl (C=O) groups is 1. The van der Waals surface area contributed by atoms with Gasteiger partial charge in [0, 0.05) is 29.9 Å². The second kappa shape index (κ2) is 8.44. The minimum atomic E-state index is 0.257. The fraction of sp³-hybridized carbons (Fsp3) is 0.364. The Morgan fingerprint density at radius 1 is 1.19 bits per heavy atom. The summed E-state index contributed by atoms with van der Waals surface area (Å²) in [6.45, 7) is 3.80. The monoisotopic (exact) mass is 396 g/mol. The predicted octanol–water partition coefficient (Wildman–Crippen LogP) is 5.18. The average molecular weight is 397 g/mol. The molecule has 0 radical (unpaired) electrons. The summed E-state index contributed by atoms with van der Waals surface area (Å²) in [6.07, 6.45) is 2.69. The van der Waals surface area contributed by atoms with E-state index in [0.29, 0.717) is 12.3 Å². The van der Waals surface area contributed by atoms with Gasteiger partial charge in [-0.3, -0.25) is 4.79 Å². The van der Waals surface area contributed by atoms with Crippen molar-refractivity contribution in [1.29, 1.82) is 0 Å². The zero-order valence-electron chi connectivity index (χ0n) is 15.6. The summed E-state index contributed by atoms with van der Waals surface area (Å²) in [5, 5.41) is 4.51. The van der Waals surface area contributed by atoms with E-state index in [2.05, 4.69) is 45.6 Å². The number of likely N-dealkylation sites (tertiary alicyclic amines) is 1. The van der Waals surface area contributed by atoms with Gasteiger partial charge in [0.25, 0.3) is 0 Å². The number of hydrogen-bond acceptors (Lipinski definition) is 4. The molecule has 1 saturated heterocycles. The first-order valence-corrected chi connectivity index (χ1v) is 11.3. The molecule has 140 valence electrons. The van der Waals surface area contributed by atoms with Crippen LogP contribution >= 0.6 is 23.1 Å². The Labute approximate surface area is 168 Å². The number of nitrogens with zero attached hydrogens (tertiary/aromatic N) is 2. The lowest BCUT2D eigenvalue weighted by molar-refractivity contribution is -0.131. The lowest BCUT2D eigenvalue weighted by Crippen LogP contribution is -2.39. The first kappa shape index (κ1) is 18.5. The minimum absolute atomic E-state index is 0.257. The Morgan fingerprint density at radius 3 is 2.74 bits per heavy atom. The van der Waals surface area contributed by atoms with Crippen molar-refractivity contribution < 1.29 is 4.79 Å². The van der Waals surface area contributed by atoms with Gasteiger partial charge >= 0.3 is 0 Å². The number of thioether (sulfide) groups is 1. The molecule has 1 fully saturated rings. The van der Waals surface area contributed by atoms with Gasteiger partial charge in [-0.25, -0.2) is 4.98 Å². The summed E-state index contributed by atoms with van der Waals surface area (Å²) >= 11 is 3.60. The molecule has 1 amide bonds. The third kappa shape index (κ3) is 4.53. The molecule has 0 spiro atoms. The van der Waals surface area contributed by atoms with Gasteiger partial charge in [0.1, 0.15) is 4.34 Å². The summed E-state index contributed by atoms with van der Waals surface area (Å²) in [7, 11) is 0. The van der Waals surface area contributed by atoms with E-state index in [4.69, 9.17) is 0 Å². The Bertz CT molecular complexity index is 923. The highest BCUT2D eigenvalue weighted by atomic mass is 32.2. The van der Waals surface area contributed by atoms with E-state index in [1.54, 1.807) is 11.3 Å². The maximum atomic E-state index is 12.8. The second-order valence-corrected chi connectivity index (χ2v) is 9.33. The fourth-order valence-corrected chi connectivity index (χ4v) is 5.72. The molecule has 3 nitrogen and oxygen atoms in total. The van der Waals surface area contributed by atoms with E-state index in [9.17, 15) is 4.79 Å². The van der Waals surface area contributed by atoms with Gasteiger partial charge < -0.3 is 4.90 Å². The van der Waals surface area contributed by atoms with Crippen LogP contribution in [0.3, 0.4) is 0 Å². The maximum Gasteiger partial charge on any atom is 0.227 e. The first-order valence-electron chi connectivity index (χ1n) is 9.48. The third-order valence-electron chi connectivity index (χ3n) is 5.23. The van der Waals surface area contributed by atoms with E-state index in [0.717, 1.165) is 42.9 Å². The van der Waals surface area contributed by atoms with Gasteiger partial charge in [-0.1, -0.05) is 54.2 Å². The smallest absolute Gasteiger partial charge is 0.227 e. The number of thiazole rings is 1. The number of rotatable bonds is 5. The molecule has 0 N–H and O–H groups in total. The van der Waals surface area contributed by atoms with Gasteiger partial charge in [-0.2, -0.15) is 0 Å². The Morgan fingerprint density at radius 2 is 1.96 bits per heavy atom. The van der Waals surface area contributed by atoms with Crippen molar-refractivity contribution in [3.05, 3.63) is 59.1 Å². The van der Waals surface area contributed by atoms with Crippen molar-refractivity contribution >= 4 is 39.8 Å². The molecule has 1 aromatic heterocycles. The van der Waals surface area contributed by atoms with Crippen LogP contribution in [0.15, 0.2) is 52.2 Å². The summed E-state index contributed by atoms with van der Waals surface area (Å²) in [5.74, 6) is 2.05. The Balaban J connectivity index is 1.30. The van der Waals surface area contributed by atoms with Crippen LogP contribution in [-0.2, 0) is 11.2 Å². The minimum Gasteiger partial charge on any atom is -0.342 e. The molecule has 0 saturated carbocycles. The number of fused-ring (bicyclic) bond motifs is 1. The summed E-state index contributed by atoms with van der Waals surface area (Å²) in [5.41, 5.74) is 2.24. The van der Waals surface area contributed by atoms with Crippen LogP contribution in [0.2, 0.25) is 0 Å². The van der Waals surface area contributed by atoms with Crippen LogP contribution in [0.25, 0.3) is 10.8 Å². The molecule has 0 aliphatic carbocycles. The number of aryl methyl sites for hydroxylation is 1. The topological polar surface area (TPSA) is 33.2 Å². The van der Waals surface area contributed by atoms with Gasteiger partial charge in [0.2, 0.25) is 5.91 Å². The number of carbonyl (C=O) groups excluding carboxylic acids is 1. The van der Waals surface area contributed by atoms with Crippen molar-refractivity contribution in [3.63, 3.8) is 0 Å². The molecule has 0 atom stereocenters. The van der Waals surface area contributed by atoms with Crippen molar-refractivity contribution in [2.24, 2.45) is 5.92 Å². The molecule has 5 heteroatoms. The number of piperidine rings is 1. The van der Waals surface area contributed by atoms with Gasteiger partial charge in [-0.15, -0.1) is 11.3 Å². The van der Waals surface area contributed by atoms with Crippen molar-refractivity contribution in [1.82, 2.24) is 9.88 Å². The highest BCUT2D eigenvalue weighted by molar-refractivity contribution is 8.01. The Kier molecular flexibility index (Phi) is 5.79. The van der Waals surface area contributed by atoms with E-state index in [-0.39, 0.29) is 5.91 Å². The molecule has 2 heterocycles. The van der Waals surface area contributed by atoms with Crippen LogP contribution in [0.4, 0.5) is 0 Å². The number of amides is 1. The van der Waals surface area contributed by atoms with Crippen LogP contribution in [-0.4, -0.2) is 34.6 Å². The summed E-state index contributed by atoms with van der Waals surface area (Å²) < 4.78 is 1.17. The predicted molar refractivity (Wildman–Crippen MR) is 115 cm³/mol. The van der Waals surface area contributed by atoms with Crippen molar-refractivity contribution in [2.75, 3.05) is 18.8 Å². The zero-order valence-corrected chi connectivity index (χ0v) is 17.2. The molecule has 0 bridgehead atoms. The van der Waals surface area contributed by atoms with Crippen molar-refractivity contribution in [3.8, 4) is 0 Å². The van der Waals surface area contributed by atoms with Crippen LogP contribution in [0.5, 0.6) is 0 Å². The molecular weight excluding hydrogens is 372 g/mol. The first-order chi connectivity index (χ1) is 13.2. The fourth-order valence-electron chi connectivity index (χ4n) is 3.66. The molecule has 1 aliphatic rings. The highest BCUT2D eigenvalue weighted by Crippen LogP contribution is 2.29. The quantitative estimate of drug-likeness (QED) is 0.557. The van der Waals surface area contributed by atoms with E-state index in [1.807, 2.05) is 30.8 Å². The number of benzene rings is 2. The summed E-state index contributed by atoms with van der Waals surface area (Å²) in [6, 6.07) is 14.6. The number of aromatic nitrogens is 1. The average Bonchev–Trinajstić information content (AvgIpc) is 3.12. The number of hydrogen-bond donors (Lipinski definition) is 0. The summed E-state index contributed by atoms with van der Waals surface area (Å²) in [4.78, 5) is 19.4. The standard InChI is InChI=1S/C22H24N2OS2/c1-16-14-26-22(23-16)27-15-17-9-11-24(12-10-17)21(25)13-19-7-4-6-18-5-2-3-8-20(18)19/h2-8,14,17H,9-13,15H2,1H3. The lowest BCUT2D eigenvalue weighted by Gasteiger charge is -2.32. The van der Waals surface area contributed by atoms with E-state index in [1.165, 1.54) is 15.1 Å². The lowest BCUT2D eigenvalue weighted by atomic mass is 9.97. The van der Waals surface area contributed by atoms with Crippen LogP contribution < -0.4 is 0 Å². The molecule has 0 unspecified atom stereocenters. The molecule has 1 aliphatic heterocycles.